The van der Waals surface area contributed by atoms with Crippen LogP contribution in [0.5, 0.6) is 5.75 Å². The molecule has 0 aliphatic carbocycles. The lowest BCUT2D eigenvalue weighted by Crippen LogP contribution is -2.55. The minimum absolute atomic E-state index is 0.00985. The van der Waals surface area contributed by atoms with Gasteiger partial charge < -0.3 is 14.4 Å². The van der Waals surface area contributed by atoms with E-state index in [9.17, 15) is 10.1 Å². The first-order chi connectivity index (χ1) is 12.0. The summed E-state index contributed by atoms with van der Waals surface area (Å²) < 4.78 is 11.1. The third-order valence-electron chi connectivity index (χ3n) is 5.09. The maximum atomic E-state index is 11.1. The highest BCUT2D eigenvalue weighted by Crippen LogP contribution is 2.33. The van der Waals surface area contributed by atoms with E-state index in [1.54, 1.807) is 6.07 Å². The predicted octanol–water partition coefficient (Wildman–Crippen LogP) is 2.68. The molecule has 2 aliphatic rings. The predicted molar refractivity (Wildman–Crippen MR) is 96.5 cm³/mol. The summed E-state index contributed by atoms with van der Waals surface area (Å²) in [6, 6.07) is 5.64. The highest BCUT2D eigenvalue weighted by Gasteiger charge is 2.31. The molecule has 3 atom stereocenters. The van der Waals surface area contributed by atoms with Crippen LogP contribution in [0.2, 0.25) is 0 Å². The van der Waals surface area contributed by atoms with E-state index >= 15 is 0 Å². The Labute approximate surface area is 148 Å². The van der Waals surface area contributed by atoms with Crippen LogP contribution in [0.15, 0.2) is 18.2 Å². The normalized spacial score (nSPS) is 28.0. The Bertz CT molecular complexity index is 614. The summed E-state index contributed by atoms with van der Waals surface area (Å²) in [7, 11) is 1.47. The van der Waals surface area contributed by atoms with E-state index in [1.165, 1.54) is 19.6 Å². The maximum Gasteiger partial charge on any atom is 0.311 e. The third-order valence-corrected chi connectivity index (χ3v) is 5.09. The smallest absolute Gasteiger partial charge is 0.311 e. The van der Waals surface area contributed by atoms with Gasteiger partial charge in [0.25, 0.3) is 0 Å². The molecule has 3 unspecified atom stereocenters. The van der Waals surface area contributed by atoms with Crippen molar-refractivity contribution in [1.82, 2.24) is 4.90 Å². The average Bonchev–Trinajstić information content (AvgIpc) is 2.60. The molecule has 2 heterocycles. The van der Waals surface area contributed by atoms with Gasteiger partial charge in [0.15, 0.2) is 5.75 Å². The fourth-order valence-corrected chi connectivity index (χ4v) is 4.02. The van der Waals surface area contributed by atoms with Gasteiger partial charge in [0.05, 0.1) is 24.2 Å². The second-order valence-corrected chi connectivity index (χ2v) is 7.07. The second kappa shape index (κ2) is 7.58. The van der Waals surface area contributed by atoms with Crippen molar-refractivity contribution in [3.8, 4) is 5.75 Å². The highest BCUT2D eigenvalue weighted by molar-refractivity contribution is 5.59. The standard InChI is InChI=1S/C18H27N3O4/c1-13-10-20(11-14(2)25-13)16-5-4-8-19(12-16)15-6-7-17(21(22)23)18(9-15)24-3/h6-7,9,13-14,16H,4-5,8,10-12H2,1-3H3. The Morgan fingerprint density at radius 1 is 1.24 bits per heavy atom. The number of ether oxygens (including phenoxy) is 2. The summed E-state index contributed by atoms with van der Waals surface area (Å²) in [5.41, 5.74) is 0.997. The van der Waals surface area contributed by atoms with E-state index in [2.05, 4.69) is 23.6 Å². The SMILES string of the molecule is COc1cc(N2CCCC(N3CC(C)OC(C)C3)C2)ccc1[N+](=O)[O-]. The molecule has 0 N–H and O–H groups in total. The second-order valence-electron chi connectivity index (χ2n) is 7.07. The van der Waals surface area contributed by atoms with Crippen LogP contribution in [0, 0.1) is 10.1 Å². The van der Waals surface area contributed by atoms with Gasteiger partial charge in [0.2, 0.25) is 0 Å². The molecule has 2 fully saturated rings. The molecule has 7 nitrogen and oxygen atoms in total. The Kier molecular flexibility index (Phi) is 5.44. The Balaban J connectivity index is 1.74. The zero-order valence-corrected chi connectivity index (χ0v) is 15.2. The Morgan fingerprint density at radius 3 is 2.60 bits per heavy atom. The van der Waals surface area contributed by atoms with Crippen molar-refractivity contribution in [1.29, 1.82) is 0 Å². The fourth-order valence-electron chi connectivity index (χ4n) is 4.02. The molecule has 1 aromatic carbocycles. The summed E-state index contributed by atoms with van der Waals surface area (Å²) in [4.78, 5) is 15.5. The molecule has 0 saturated carbocycles. The lowest BCUT2D eigenvalue weighted by atomic mass is 10.0. The zero-order valence-electron chi connectivity index (χ0n) is 15.2. The minimum atomic E-state index is -0.405. The number of piperidine rings is 1. The van der Waals surface area contributed by atoms with Crippen molar-refractivity contribution < 1.29 is 14.4 Å². The highest BCUT2D eigenvalue weighted by atomic mass is 16.6. The largest absolute Gasteiger partial charge is 0.490 e. The van der Waals surface area contributed by atoms with Crippen LogP contribution < -0.4 is 9.64 Å². The van der Waals surface area contributed by atoms with Gasteiger partial charge in [0, 0.05) is 50.0 Å². The van der Waals surface area contributed by atoms with Crippen molar-refractivity contribution in [2.24, 2.45) is 0 Å². The van der Waals surface area contributed by atoms with E-state index in [0.717, 1.165) is 38.3 Å². The Morgan fingerprint density at radius 2 is 1.96 bits per heavy atom. The van der Waals surface area contributed by atoms with Crippen LogP contribution in [-0.4, -0.2) is 61.4 Å². The van der Waals surface area contributed by atoms with Gasteiger partial charge in [-0.2, -0.15) is 0 Å². The van der Waals surface area contributed by atoms with Gasteiger partial charge >= 0.3 is 5.69 Å². The van der Waals surface area contributed by atoms with Gasteiger partial charge in [-0.05, 0) is 32.8 Å². The number of rotatable bonds is 4. The van der Waals surface area contributed by atoms with Crippen molar-refractivity contribution in [3.63, 3.8) is 0 Å². The van der Waals surface area contributed by atoms with Crippen molar-refractivity contribution in [2.45, 2.75) is 44.9 Å². The lowest BCUT2D eigenvalue weighted by Gasteiger charge is -2.44. The summed E-state index contributed by atoms with van der Waals surface area (Å²) >= 11 is 0. The number of anilines is 1. The van der Waals surface area contributed by atoms with Gasteiger partial charge in [-0.1, -0.05) is 0 Å². The molecule has 2 saturated heterocycles. The van der Waals surface area contributed by atoms with Crippen LogP contribution >= 0.6 is 0 Å². The van der Waals surface area contributed by atoms with Crippen molar-refractivity contribution in [2.75, 3.05) is 38.2 Å². The third kappa shape index (κ3) is 4.04. The molecule has 138 valence electrons. The number of benzene rings is 1. The van der Waals surface area contributed by atoms with Crippen LogP contribution in [0.1, 0.15) is 26.7 Å². The molecular formula is C18H27N3O4. The molecule has 2 aliphatic heterocycles. The Hall–Kier alpha value is -1.86. The van der Waals surface area contributed by atoms with Crippen molar-refractivity contribution in [3.05, 3.63) is 28.3 Å². The van der Waals surface area contributed by atoms with Gasteiger partial charge in [0.1, 0.15) is 0 Å². The number of morpholine rings is 1. The first kappa shape index (κ1) is 17.9. The van der Waals surface area contributed by atoms with Gasteiger partial charge in [-0.15, -0.1) is 0 Å². The zero-order chi connectivity index (χ0) is 18.0. The number of hydrogen-bond donors (Lipinski definition) is 0. The average molecular weight is 349 g/mol. The fraction of sp³-hybridized carbons (Fsp3) is 0.667. The lowest BCUT2D eigenvalue weighted by molar-refractivity contribution is -0.385. The molecule has 1 aromatic rings. The summed E-state index contributed by atoms with van der Waals surface area (Å²) in [6.45, 7) is 8.08. The monoisotopic (exact) mass is 349 g/mol. The molecule has 0 radical (unpaired) electrons. The molecule has 7 heteroatoms. The minimum Gasteiger partial charge on any atom is -0.490 e. The number of nitrogens with zero attached hydrogens (tertiary/aromatic N) is 3. The number of methoxy groups -OCH3 is 1. The molecule has 25 heavy (non-hydrogen) atoms. The topological polar surface area (TPSA) is 68.1 Å². The van der Waals surface area contributed by atoms with Crippen molar-refractivity contribution >= 4 is 11.4 Å². The number of hydrogen-bond acceptors (Lipinski definition) is 6. The van der Waals surface area contributed by atoms with E-state index in [-0.39, 0.29) is 17.9 Å². The number of nitro benzene ring substituents is 1. The van der Waals surface area contributed by atoms with Crippen LogP contribution in [-0.2, 0) is 4.74 Å². The van der Waals surface area contributed by atoms with E-state index in [1.807, 2.05) is 6.07 Å². The van der Waals surface area contributed by atoms with Crippen LogP contribution in [0.25, 0.3) is 0 Å². The van der Waals surface area contributed by atoms with Gasteiger partial charge in [-0.25, -0.2) is 0 Å². The molecule has 3 rings (SSSR count). The summed E-state index contributed by atoms with van der Waals surface area (Å²) in [6.07, 6.45) is 2.82. The molecular weight excluding hydrogens is 322 g/mol. The van der Waals surface area contributed by atoms with Crippen LogP contribution in [0.4, 0.5) is 11.4 Å². The first-order valence-electron chi connectivity index (χ1n) is 8.94. The quantitative estimate of drug-likeness (QED) is 0.615. The van der Waals surface area contributed by atoms with E-state index in [4.69, 9.17) is 9.47 Å². The molecule has 0 amide bonds. The molecule has 0 bridgehead atoms. The van der Waals surface area contributed by atoms with E-state index < -0.39 is 4.92 Å². The van der Waals surface area contributed by atoms with Crippen LogP contribution in [0.3, 0.4) is 0 Å². The van der Waals surface area contributed by atoms with Gasteiger partial charge in [-0.3, -0.25) is 15.0 Å². The molecule has 0 spiro atoms. The first-order valence-corrected chi connectivity index (χ1v) is 8.94. The van der Waals surface area contributed by atoms with E-state index in [0.29, 0.717) is 11.8 Å². The number of nitro groups is 1. The maximum absolute atomic E-state index is 11.1. The molecule has 0 aromatic heterocycles. The summed E-state index contributed by atoms with van der Waals surface area (Å²) in [5, 5.41) is 11.1. The summed E-state index contributed by atoms with van der Waals surface area (Å²) in [5.74, 6) is 0.318.